The predicted molar refractivity (Wildman–Crippen MR) is 98.2 cm³/mol. The summed E-state index contributed by atoms with van der Waals surface area (Å²) in [6, 6.07) is 5.99. The molecule has 1 aliphatic carbocycles. The third kappa shape index (κ3) is 2.96. The van der Waals surface area contributed by atoms with Crippen LogP contribution < -0.4 is 29.3 Å². The van der Waals surface area contributed by atoms with Crippen molar-refractivity contribution in [3.8, 4) is 0 Å². The summed E-state index contributed by atoms with van der Waals surface area (Å²) in [7, 11) is 0. The highest BCUT2D eigenvalue weighted by Crippen LogP contribution is 1.81. The standard InChI is InChI=1S/C20H6S3/c1-2-4-16-10-13-22-19(16)7-8-20-17(11-14-23-20)5-6-18-15(3-1)9-12-21-18/h9-14H. The Morgan fingerprint density at radius 1 is 0.478 bits per heavy atom. The minimum atomic E-state index is 0.933. The van der Waals surface area contributed by atoms with Crippen LogP contribution in [-0.2, 0) is 0 Å². The molecule has 0 amide bonds. The van der Waals surface area contributed by atoms with Crippen molar-refractivity contribution in [2.45, 2.75) is 0 Å². The van der Waals surface area contributed by atoms with Gasteiger partial charge in [0.2, 0.25) is 0 Å². The fraction of sp³-hybridized carbons (Fsp3) is 0. The lowest BCUT2D eigenvalue weighted by atomic mass is 10.4. The van der Waals surface area contributed by atoms with Crippen LogP contribution in [0.5, 0.6) is 0 Å². The molecule has 0 bridgehead atoms. The third-order valence-electron chi connectivity index (χ3n) is 3.05. The van der Waals surface area contributed by atoms with Crippen LogP contribution in [0.15, 0.2) is 45.8 Å². The van der Waals surface area contributed by atoms with Crippen LogP contribution in [0.3, 0.4) is 0 Å². The summed E-state index contributed by atoms with van der Waals surface area (Å²) in [5.41, 5.74) is 24.9. The molecule has 0 nitrogen and oxygen atoms in total. The van der Waals surface area contributed by atoms with Gasteiger partial charge in [0.25, 0.3) is 0 Å². The van der Waals surface area contributed by atoms with Crippen LogP contribution in [0, 0.1) is 0 Å². The monoisotopic (exact) mass is 342 g/mol. The molecule has 104 valence electrons. The summed E-state index contributed by atoms with van der Waals surface area (Å²) >= 11 is 4.81. The second kappa shape index (κ2) is 6.22. The van der Waals surface area contributed by atoms with Gasteiger partial charge in [-0.25, -0.2) is 0 Å². The van der Waals surface area contributed by atoms with E-state index in [9.17, 15) is 0 Å². The Balaban J connectivity index is 2.51. The lowest BCUT2D eigenvalue weighted by molar-refractivity contribution is 1.73. The van der Waals surface area contributed by atoms with E-state index in [0.717, 1.165) is 29.3 Å². The predicted octanol–water partition coefficient (Wildman–Crippen LogP) is 0.540. The topological polar surface area (TPSA) is 0 Å². The molecule has 0 saturated carbocycles. The largest absolute Gasteiger partial charge is 0.134 e. The second-order valence-electron chi connectivity index (χ2n) is 4.49. The van der Waals surface area contributed by atoms with Gasteiger partial charge >= 0.3 is 0 Å². The van der Waals surface area contributed by atoms with E-state index in [0.29, 0.717) is 0 Å². The lowest BCUT2D eigenvalue weighted by Gasteiger charge is -1.68. The molecule has 0 fully saturated rings. The third-order valence-corrected chi connectivity index (χ3v) is 5.54. The highest BCUT2D eigenvalue weighted by atomic mass is 32.1. The Morgan fingerprint density at radius 3 is 1.35 bits per heavy atom. The van der Waals surface area contributed by atoms with Crippen LogP contribution >= 0.6 is 34.0 Å². The van der Waals surface area contributed by atoms with E-state index >= 15 is 0 Å². The van der Waals surface area contributed by atoms with Crippen LogP contribution in [0.25, 0.3) is 34.4 Å². The first-order valence-corrected chi connectivity index (χ1v) is 9.32. The molecule has 3 aromatic rings. The first kappa shape index (κ1) is 14.0. The maximum Gasteiger partial charge on any atom is 0.0929 e. The van der Waals surface area contributed by atoms with E-state index in [4.69, 9.17) is 0 Å². The van der Waals surface area contributed by atoms with Crippen molar-refractivity contribution < 1.29 is 0 Å². The molecule has 23 heavy (non-hydrogen) atoms. The zero-order valence-electron chi connectivity index (χ0n) is 11.7. The van der Waals surface area contributed by atoms with Gasteiger partial charge in [0.05, 0.1) is 29.3 Å². The molecule has 0 unspecified atom stereocenters. The van der Waals surface area contributed by atoms with Crippen molar-refractivity contribution in [1.82, 2.24) is 0 Å². The molecule has 0 aromatic carbocycles. The summed E-state index contributed by atoms with van der Waals surface area (Å²) < 4.78 is 2.93. The molecule has 0 spiro atoms. The van der Waals surface area contributed by atoms with Crippen molar-refractivity contribution in [2.75, 3.05) is 0 Å². The second-order valence-corrected chi connectivity index (χ2v) is 7.24. The SMILES string of the molecule is C1=C=C=c2ccsc2=C=C=c2sccc2=C=C=c2sccc2=C=1. The molecule has 0 N–H and O–H groups in total. The number of rotatable bonds is 0. The van der Waals surface area contributed by atoms with Crippen molar-refractivity contribution in [3.05, 3.63) is 75.1 Å². The summed E-state index contributed by atoms with van der Waals surface area (Å²) in [6.07, 6.45) is 0. The molecule has 0 radical (unpaired) electrons. The van der Waals surface area contributed by atoms with E-state index in [1.807, 2.05) is 34.3 Å². The normalized spacial score (nSPS) is 10.6. The Bertz CT molecular complexity index is 1380. The van der Waals surface area contributed by atoms with Gasteiger partial charge in [-0.3, -0.25) is 0 Å². The first-order valence-electron chi connectivity index (χ1n) is 6.69. The number of hydrogen-bond acceptors (Lipinski definition) is 3. The molecule has 3 heteroatoms. The van der Waals surface area contributed by atoms with Gasteiger partial charge in [-0.05, 0) is 63.0 Å². The zero-order chi connectivity index (χ0) is 15.5. The molecule has 0 atom stereocenters. The number of fused-ring (bicyclic) bond motifs is 3. The Morgan fingerprint density at radius 2 is 0.870 bits per heavy atom. The molecule has 1 aliphatic rings. The van der Waals surface area contributed by atoms with Crippen LogP contribution in [-0.4, -0.2) is 0 Å². The van der Waals surface area contributed by atoms with Crippen molar-refractivity contribution in [1.29, 1.82) is 0 Å². The van der Waals surface area contributed by atoms with E-state index < -0.39 is 0 Å². The van der Waals surface area contributed by atoms with Gasteiger partial charge in [0, 0.05) is 0 Å². The number of thiophene rings is 3. The van der Waals surface area contributed by atoms with Crippen molar-refractivity contribution >= 4 is 68.4 Å². The molecule has 3 aromatic heterocycles. The van der Waals surface area contributed by atoms with Gasteiger partial charge in [0.1, 0.15) is 0 Å². The highest BCUT2D eigenvalue weighted by Gasteiger charge is 1.86. The molecule has 0 aliphatic heterocycles. The van der Waals surface area contributed by atoms with E-state index in [2.05, 4.69) is 45.8 Å². The average molecular weight is 342 g/mol. The molecular weight excluding hydrogens is 336 g/mol. The lowest BCUT2D eigenvalue weighted by Crippen LogP contribution is -2.17. The smallest absolute Gasteiger partial charge is 0.0929 e. The van der Waals surface area contributed by atoms with Gasteiger partial charge in [-0.2, -0.15) is 0 Å². The number of hydrogen-bond donors (Lipinski definition) is 0. The van der Waals surface area contributed by atoms with Crippen LogP contribution in [0.2, 0.25) is 0 Å². The Labute approximate surface area is 143 Å². The molecule has 4 rings (SSSR count). The van der Waals surface area contributed by atoms with E-state index in [1.165, 1.54) is 0 Å². The molecule has 3 heterocycles. The van der Waals surface area contributed by atoms with Crippen LogP contribution in [0.1, 0.15) is 0 Å². The minimum Gasteiger partial charge on any atom is -0.134 e. The maximum atomic E-state index is 3.23. The van der Waals surface area contributed by atoms with Gasteiger partial charge in [0.15, 0.2) is 0 Å². The highest BCUT2D eigenvalue weighted by molar-refractivity contribution is 7.08. The average Bonchev–Trinajstić information content (AvgIpc) is 3.28. The van der Waals surface area contributed by atoms with Gasteiger partial charge < -0.3 is 0 Å². The molecular formula is C20H6S3. The summed E-state index contributed by atoms with van der Waals surface area (Å²) in [4.78, 5) is 0. The minimum absolute atomic E-state index is 0.933. The first-order chi connectivity index (χ1) is 11.4. The van der Waals surface area contributed by atoms with E-state index in [-0.39, 0.29) is 0 Å². The van der Waals surface area contributed by atoms with Gasteiger partial charge in [-0.15, -0.1) is 34.0 Å². The van der Waals surface area contributed by atoms with Crippen molar-refractivity contribution in [2.24, 2.45) is 0 Å². The summed E-state index contributed by atoms with van der Waals surface area (Å²) in [5, 5.41) is 8.87. The summed E-state index contributed by atoms with van der Waals surface area (Å²) in [6.45, 7) is 0. The van der Waals surface area contributed by atoms with Crippen LogP contribution in [0.4, 0.5) is 0 Å². The molecule has 0 saturated heterocycles. The van der Waals surface area contributed by atoms with Gasteiger partial charge in [-0.1, -0.05) is 17.2 Å². The maximum absolute atomic E-state index is 3.23. The fourth-order valence-corrected chi connectivity index (χ4v) is 4.04. The summed E-state index contributed by atoms with van der Waals surface area (Å²) in [5.74, 6) is 0. The fourth-order valence-electron chi connectivity index (χ4n) is 1.95. The Kier molecular flexibility index (Phi) is 3.78. The quantitative estimate of drug-likeness (QED) is 0.409. The van der Waals surface area contributed by atoms with E-state index in [1.54, 1.807) is 34.0 Å². The Hall–Kier alpha value is -2.66. The van der Waals surface area contributed by atoms with Crippen molar-refractivity contribution in [3.63, 3.8) is 0 Å². The zero-order valence-corrected chi connectivity index (χ0v) is 14.1.